The van der Waals surface area contributed by atoms with Crippen LogP contribution in [0, 0.1) is 12.7 Å². The van der Waals surface area contributed by atoms with Gasteiger partial charge in [0.2, 0.25) is 0 Å². The average Bonchev–Trinajstić information content (AvgIpc) is 2.68. The molecule has 0 amide bonds. The Morgan fingerprint density at radius 2 is 2.12 bits per heavy atom. The molecule has 0 aromatic heterocycles. The van der Waals surface area contributed by atoms with Crippen molar-refractivity contribution >= 4 is 0 Å². The fraction of sp³-hybridized carbons (Fsp3) is 0.250. The monoisotopic (exact) mass is 228 g/mol. The molecule has 0 spiro atoms. The third-order valence-corrected chi connectivity index (χ3v) is 3.18. The van der Waals surface area contributed by atoms with E-state index in [1.807, 2.05) is 25.2 Å². The average molecular weight is 228 g/mol. The van der Waals surface area contributed by atoms with Crippen LogP contribution in [0.1, 0.15) is 29.0 Å². The molecule has 0 heterocycles. The molecule has 1 aliphatic carbocycles. The Kier molecular flexibility index (Phi) is 3.58. The number of hydrogen-bond acceptors (Lipinski definition) is 0. The van der Waals surface area contributed by atoms with E-state index in [0.717, 1.165) is 29.5 Å². The SMILES string of the molecule is C=C/C=C\C=C\[C@@H]1CCc2c(F)cc(C)cc21. The maximum atomic E-state index is 13.7. The quantitative estimate of drug-likeness (QED) is 0.670. The normalized spacial score (nSPS) is 19.1. The molecule has 17 heavy (non-hydrogen) atoms. The topological polar surface area (TPSA) is 0 Å². The van der Waals surface area contributed by atoms with Gasteiger partial charge in [-0.15, -0.1) is 0 Å². The summed E-state index contributed by atoms with van der Waals surface area (Å²) in [5.74, 6) is 0.311. The summed E-state index contributed by atoms with van der Waals surface area (Å²) in [6, 6.07) is 3.74. The van der Waals surface area contributed by atoms with Gasteiger partial charge in [0.1, 0.15) is 5.82 Å². The standard InChI is InChI=1S/C16H17F/c1-3-4-5-6-7-13-8-9-14-15(13)10-12(2)11-16(14)17/h3-7,10-11,13H,1,8-9H2,2H3/b5-4-,7-6+/t13-/m1/s1. The maximum Gasteiger partial charge on any atom is 0.126 e. The minimum atomic E-state index is -0.0440. The Hall–Kier alpha value is -1.63. The molecule has 1 aromatic carbocycles. The Morgan fingerprint density at radius 3 is 2.88 bits per heavy atom. The molecule has 1 heteroatoms. The number of benzene rings is 1. The van der Waals surface area contributed by atoms with Gasteiger partial charge in [0.05, 0.1) is 0 Å². The number of allylic oxidation sites excluding steroid dienone is 5. The van der Waals surface area contributed by atoms with E-state index >= 15 is 0 Å². The zero-order valence-corrected chi connectivity index (χ0v) is 10.1. The van der Waals surface area contributed by atoms with Gasteiger partial charge in [-0.2, -0.15) is 0 Å². The highest BCUT2D eigenvalue weighted by molar-refractivity contribution is 5.41. The summed E-state index contributed by atoms with van der Waals surface area (Å²) >= 11 is 0. The van der Waals surface area contributed by atoms with Crippen molar-refractivity contribution in [3.63, 3.8) is 0 Å². The van der Waals surface area contributed by atoms with Crippen molar-refractivity contribution in [2.75, 3.05) is 0 Å². The first-order chi connectivity index (χ1) is 8.22. The molecule has 0 aliphatic heterocycles. The van der Waals surface area contributed by atoms with Crippen molar-refractivity contribution in [1.29, 1.82) is 0 Å². The van der Waals surface area contributed by atoms with Crippen LogP contribution in [0.5, 0.6) is 0 Å². The van der Waals surface area contributed by atoms with Crippen molar-refractivity contribution in [2.24, 2.45) is 0 Å². The van der Waals surface area contributed by atoms with Crippen LogP contribution in [0.2, 0.25) is 0 Å². The summed E-state index contributed by atoms with van der Waals surface area (Å²) in [6.07, 6.45) is 11.6. The minimum absolute atomic E-state index is 0.0440. The molecule has 2 rings (SSSR count). The molecule has 1 atom stereocenters. The van der Waals surface area contributed by atoms with Crippen molar-refractivity contribution in [3.05, 3.63) is 71.6 Å². The molecule has 0 fully saturated rings. The highest BCUT2D eigenvalue weighted by Crippen LogP contribution is 2.36. The van der Waals surface area contributed by atoms with Crippen LogP contribution in [-0.4, -0.2) is 0 Å². The van der Waals surface area contributed by atoms with Gasteiger partial charge < -0.3 is 0 Å². The lowest BCUT2D eigenvalue weighted by Gasteiger charge is -2.07. The van der Waals surface area contributed by atoms with Gasteiger partial charge >= 0.3 is 0 Å². The Bertz CT molecular complexity index is 481. The first-order valence-corrected chi connectivity index (χ1v) is 5.97. The second-order valence-corrected chi connectivity index (χ2v) is 4.47. The van der Waals surface area contributed by atoms with Crippen LogP contribution in [0.25, 0.3) is 0 Å². The molecule has 0 saturated carbocycles. The molecule has 1 aromatic rings. The predicted molar refractivity (Wildman–Crippen MR) is 70.7 cm³/mol. The second-order valence-electron chi connectivity index (χ2n) is 4.47. The third kappa shape index (κ3) is 2.55. The van der Waals surface area contributed by atoms with Gasteiger partial charge in [-0.05, 0) is 42.5 Å². The Balaban J connectivity index is 2.24. The van der Waals surface area contributed by atoms with E-state index in [1.165, 1.54) is 0 Å². The number of halogens is 1. The number of hydrogen-bond donors (Lipinski definition) is 0. The lowest BCUT2D eigenvalue weighted by molar-refractivity contribution is 0.611. The largest absolute Gasteiger partial charge is 0.207 e. The number of aryl methyl sites for hydroxylation is 1. The van der Waals surface area contributed by atoms with Crippen LogP contribution in [0.4, 0.5) is 4.39 Å². The van der Waals surface area contributed by atoms with Crippen molar-refractivity contribution < 1.29 is 4.39 Å². The van der Waals surface area contributed by atoms with E-state index in [9.17, 15) is 4.39 Å². The summed E-state index contributed by atoms with van der Waals surface area (Å²) < 4.78 is 13.7. The zero-order valence-electron chi connectivity index (χ0n) is 10.1. The van der Waals surface area contributed by atoms with Crippen molar-refractivity contribution in [1.82, 2.24) is 0 Å². The minimum Gasteiger partial charge on any atom is -0.207 e. The van der Waals surface area contributed by atoms with Crippen molar-refractivity contribution in [2.45, 2.75) is 25.7 Å². The maximum absolute atomic E-state index is 13.7. The van der Waals surface area contributed by atoms with Gasteiger partial charge in [-0.3, -0.25) is 0 Å². The molecular weight excluding hydrogens is 211 g/mol. The Labute approximate surface area is 102 Å². The van der Waals surface area contributed by atoms with Crippen LogP contribution in [0.3, 0.4) is 0 Å². The van der Waals surface area contributed by atoms with E-state index in [-0.39, 0.29) is 5.82 Å². The smallest absolute Gasteiger partial charge is 0.126 e. The predicted octanol–water partition coefficient (Wildman–Crippen LogP) is 4.46. The summed E-state index contributed by atoms with van der Waals surface area (Å²) in [7, 11) is 0. The van der Waals surface area contributed by atoms with Crippen LogP contribution >= 0.6 is 0 Å². The number of rotatable bonds is 3. The molecule has 1 aliphatic rings. The summed E-state index contributed by atoms with van der Waals surface area (Å²) in [4.78, 5) is 0. The van der Waals surface area contributed by atoms with Crippen LogP contribution in [-0.2, 0) is 6.42 Å². The van der Waals surface area contributed by atoms with Crippen LogP contribution in [0.15, 0.2) is 49.1 Å². The van der Waals surface area contributed by atoms with Gasteiger partial charge in [-0.25, -0.2) is 4.39 Å². The van der Waals surface area contributed by atoms with E-state index in [0.29, 0.717) is 5.92 Å². The fourth-order valence-electron chi connectivity index (χ4n) is 2.39. The molecule has 0 unspecified atom stereocenters. The number of fused-ring (bicyclic) bond motifs is 1. The van der Waals surface area contributed by atoms with Crippen molar-refractivity contribution in [3.8, 4) is 0 Å². The first kappa shape index (κ1) is 11.8. The van der Waals surface area contributed by atoms with Gasteiger partial charge in [-0.1, -0.05) is 43.0 Å². The first-order valence-electron chi connectivity index (χ1n) is 5.97. The fourth-order valence-corrected chi connectivity index (χ4v) is 2.39. The molecular formula is C16H17F. The summed E-state index contributed by atoms with van der Waals surface area (Å²) in [5, 5.41) is 0. The van der Waals surface area contributed by atoms with Gasteiger partial charge in [0.25, 0.3) is 0 Å². The summed E-state index contributed by atoms with van der Waals surface area (Å²) in [5.41, 5.74) is 3.06. The highest BCUT2D eigenvalue weighted by atomic mass is 19.1. The highest BCUT2D eigenvalue weighted by Gasteiger charge is 2.23. The zero-order chi connectivity index (χ0) is 12.3. The Morgan fingerprint density at radius 1 is 1.29 bits per heavy atom. The van der Waals surface area contributed by atoms with Gasteiger partial charge in [0, 0.05) is 5.92 Å². The third-order valence-electron chi connectivity index (χ3n) is 3.18. The lowest BCUT2D eigenvalue weighted by atomic mass is 9.98. The van der Waals surface area contributed by atoms with Crippen LogP contribution < -0.4 is 0 Å². The summed E-state index contributed by atoms with van der Waals surface area (Å²) in [6.45, 7) is 5.56. The second kappa shape index (κ2) is 5.13. The van der Waals surface area contributed by atoms with E-state index in [1.54, 1.807) is 12.1 Å². The molecule has 0 N–H and O–H groups in total. The van der Waals surface area contributed by atoms with E-state index in [2.05, 4.69) is 18.7 Å². The van der Waals surface area contributed by atoms with Gasteiger partial charge in [0.15, 0.2) is 0 Å². The molecule has 0 bridgehead atoms. The molecule has 0 radical (unpaired) electrons. The lowest BCUT2D eigenvalue weighted by Crippen LogP contribution is -1.92. The molecule has 0 nitrogen and oxygen atoms in total. The molecule has 0 saturated heterocycles. The van der Waals surface area contributed by atoms with E-state index in [4.69, 9.17) is 0 Å². The molecule has 88 valence electrons. The van der Waals surface area contributed by atoms with E-state index < -0.39 is 0 Å².